The zero-order valence-electron chi connectivity index (χ0n) is 18.9. The van der Waals surface area contributed by atoms with Crippen LogP contribution in [0.25, 0.3) is 0 Å². The van der Waals surface area contributed by atoms with Gasteiger partial charge in [0.15, 0.2) is 12.4 Å². The lowest BCUT2D eigenvalue weighted by molar-refractivity contribution is -0.270. The molecule has 0 spiro atoms. The predicted octanol–water partition coefficient (Wildman–Crippen LogP) is 2.12. The first-order chi connectivity index (χ1) is 14.5. The van der Waals surface area contributed by atoms with Crippen molar-refractivity contribution in [3.63, 3.8) is 0 Å². The first-order valence-corrected chi connectivity index (χ1v) is 11.3. The minimum Gasteiger partial charge on any atom is -0.458 e. The van der Waals surface area contributed by atoms with E-state index in [2.05, 4.69) is 6.92 Å². The molecule has 0 aromatic rings. The Balaban J connectivity index is 1.74. The van der Waals surface area contributed by atoms with E-state index in [9.17, 15) is 24.6 Å². The minimum absolute atomic E-state index is 0.0295. The van der Waals surface area contributed by atoms with Crippen molar-refractivity contribution in [1.29, 1.82) is 0 Å². The fraction of sp³-hybridized carbons (Fsp3) is 0.792. The third-order valence-electron chi connectivity index (χ3n) is 9.44. The summed E-state index contributed by atoms with van der Waals surface area (Å²) < 4.78 is 11.1. The second kappa shape index (κ2) is 7.22. The van der Waals surface area contributed by atoms with Crippen LogP contribution in [0.4, 0.5) is 0 Å². The average molecular weight is 435 g/mol. The maximum atomic E-state index is 13.0. The highest BCUT2D eigenvalue weighted by Crippen LogP contribution is 2.70. The van der Waals surface area contributed by atoms with Crippen LogP contribution < -0.4 is 0 Å². The lowest BCUT2D eigenvalue weighted by Crippen LogP contribution is -2.72. The van der Waals surface area contributed by atoms with E-state index in [0.717, 1.165) is 18.4 Å². The summed E-state index contributed by atoms with van der Waals surface area (Å²) in [7, 11) is 1.64. The van der Waals surface area contributed by atoms with Crippen molar-refractivity contribution >= 4 is 17.5 Å². The summed E-state index contributed by atoms with van der Waals surface area (Å²) in [6, 6.07) is 0. The number of hydrogen-bond donors (Lipinski definition) is 2. The van der Waals surface area contributed by atoms with Crippen LogP contribution in [-0.4, -0.2) is 58.8 Å². The number of rotatable bonds is 4. The van der Waals surface area contributed by atoms with Crippen LogP contribution in [0.2, 0.25) is 0 Å². The van der Waals surface area contributed by atoms with Crippen molar-refractivity contribution < 1.29 is 34.1 Å². The Morgan fingerprint density at radius 2 is 1.87 bits per heavy atom. The molecule has 31 heavy (non-hydrogen) atoms. The second-order valence-electron chi connectivity index (χ2n) is 10.5. The van der Waals surface area contributed by atoms with Crippen molar-refractivity contribution in [3.05, 3.63) is 11.6 Å². The van der Waals surface area contributed by atoms with Crippen LogP contribution >= 0.6 is 0 Å². The molecule has 3 saturated carbocycles. The van der Waals surface area contributed by atoms with E-state index >= 15 is 0 Å². The van der Waals surface area contributed by atoms with Crippen molar-refractivity contribution in [3.8, 4) is 0 Å². The molecule has 7 unspecified atom stereocenters. The monoisotopic (exact) mass is 434 g/mol. The number of aliphatic hydroxyl groups excluding tert-OH is 1. The summed E-state index contributed by atoms with van der Waals surface area (Å²) >= 11 is 0. The van der Waals surface area contributed by atoms with Gasteiger partial charge in [-0.25, -0.2) is 0 Å². The van der Waals surface area contributed by atoms with E-state index in [1.807, 2.05) is 6.92 Å². The zero-order valence-corrected chi connectivity index (χ0v) is 18.9. The molecule has 0 saturated heterocycles. The van der Waals surface area contributed by atoms with Crippen molar-refractivity contribution in [1.82, 2.24) is 0 Å². The van der Waals surface area contributed by atoms with Crippen LogP contribution in [0.3, 0.4) is 0 Å². The normalized spacial score (nSPS) is 46.5. The molecule has 0 aromatic carbocycles. The Morgan fingerprint density at radius 3 is 2.52 bits per heavy atom. The maximum Gasteiger partial charge on any atom is 0.303 e. The van der Waals surface area contributed by atoms with E-state index in [1.165, 1.54) is 6.92 Å². The molecule has 0 bridgehead atoms. The predicted molar refractivity (Wildman–Crippen MR) is 111 cm³/mol. The van der Waals surface area contributed by atoms with Gasteiger partial charge in [-0.1, -0.05) is 19.4 Å². The van der Waals surface area contributed by atoms with Crippen molar-refractivity contribution in [2.45, 2.75) is 83.0 Å². The van der Waals surface area contributed by atoms with E-state index in [1.54, 1.807) is 13.2 Å². The van der Waals surface area contributed by atoms with Gasteiger partial charge in [-0.3, -0.25) is 14.4 Å². The number of aliphatic hydroxyl groups is 2. The highest BCUT2D eigenvalue weighted by molar-refractivity contribution is 5.92. The number of carbonyl (C=O) groups is 3. The second-order valence-corrected chi connectivity index (χ2v) is 10.5. The average Bonchev–Trinajstić information content (AvgIpc) is 2.97. The van der Waals surface area contributed by atoms with Crippen molar-refractivity contribution in [2.75, 3.05) is 13.7 Å². The lowest BCUT2D eigenvalue weighted by atomic mass is 9.43. The molecule has 0 aliphatic heterocycles. The van der Waals surface area contributed by atoms with Gasteiger partial charge in [-0.15, -0.1) is 0 Å². The molecule has 0 heterocycles. The Bertz CT molecular complexity index is 849. The van der Waals surface area contributed by atoms with E-state index in [0.29, 0.717) is 19.3 Å². The molecule has 7 nitrogen and oxygen atoms in total. The van der Waals surface area contributed by atoms with Crippen LogP contribution in [0.15, 0.2) is 11.6 Å². The summed E-state index contributed by atoms with van der Waals surface area (Å²) in [6.45, 7) is 4.75. The summed E-state index contributed by atoms with van der Waals surface area (Å²) in [6.07, 6.45) is 4.48. The van der Waals surface area contributed by atoms with Crippen LogP contribution in [0, 0.1) is 22.7 Å². The third-order valence-corrected chi connectivity index (χ3v) is 9.44. The van der Waals surface area contributed by atoms with Gasteiger partial charge in [0.25, 0.3) is 0 Å². The van der Waals surface area contributed by atoms with E-state index in [-0.39, 0.29) is 30.5 Å². The fourth-order valence-electron chi connectivity index (χ4n) is 7.85. The van der Waals surface area contributed by atoms with Gasteiger partial charge in [0.1, 0.15) is 11.2 Å². The number of methoxy groups -OCH3 is 1. The molecule has 4 rings (SSSR count). The zero-order chi connectivity index (χ0) is 22.8. The first-order valence-electron chi connectivity index (χ1n) is 11.3. The molecular formula is C24H34O7. The molecule has 0 amide bonds. The quantitative estimate of drug-likeness (QED) is 0.652. The number of esters is 1. The molecule has 7 atom stereocenters. The highest BCUT2D eigenvalue weighted by Gasteiger charge is 2.74. The smallest absolute Gasteiger partial charge is 0.303 e. The van der Waals surface area contributed by atoms with Gasteiger partial charge in [0, 0.05) is 31.3 Å². The fourth-order valence-corrected chi connectivity index (χ4v) is 7.85. The maximum absolute atomic E-state index is 13.0. The minimum atomic E-state index is -1.66. The van der Waals surface area contributed by atoms with E-state index in [4.69, 9.17) is 9.47 Å². The molecular weight excluding hydrogens is 400 g/mol. The Morgan fingerprint density at radius 1 is 1.16 bits per heavy atom. The standard InChI is InChI=1S/C24H34O7/c1-14(25)31-13-20(28)23(29)10-8-17-18-6-5-15-11-16(26)7-9-21(15,2)24(18,30-4)19(27)12-22(17,23)3/h11,17-19,27,29H,5-10,12-13H2,1-4H3. The SMILES string of the molecule is COC12C(O)CC3(C)C(CCC3(O)C(=O)COC(C)=O)C1CCC1=CC(=O)CCC12C. The van der Waals surface area contributed by atoms with Gasteiger partial charge in [0.05, 0.1) is 6.10 Å². The molecule has 172 valence electrons. The van der Waals surface area contributed by atoms with Gasteiger partial charge in [-0.05, 0) is 56.4 Å². The first kappa shape index (κ1) is 22.6. The molecule has 0 aromatic heterocycles. The largest absolute Gasteiger partial charge is 0.458 e. The number of hydrogen-bond acceptors (Lipinski definition) is 7. The summed E-state index contributed by atoms with van der Waals surface area (Å²) in [4.78, 5) is 36.3. The number of Topliss-reactive ketones (excluding diaryl/α,β-unsaturated/α-hetero) is 1. The Hall–Kier alpha value is -1.57. The van der Waals surface area contributed by atoms with Gasteiger partial charge >= 0.3 is 5.97 Å². The number of ether oxygens (including phenoxy) is 2. The summed E-state index contributed by atoms with van der Waals surface area (Å²) in [5.41, 5.74) is -2.80. The van der Waals surface area contributed by atoms with E-state index < -0.39 is 46.5 Å². The summed E-state index contributed by atoms with van der Waals surface area (Å²) in [5, 5.41) is 23.2. The summed E-state index contributed by atoms with van der Waals surface area (Å²) in [5.74, 6) is -1.03. The molecule has 3 fully saturated rings. The van der Waals surface area contributed by atoms with Crippen LogP contribution in [-0.2, 0) is 23.9 Å². The topological polar surface area (TPSA) is 110 Å². The molecule has 4 aliphatic carbocycles. The number of carbonyl (C=O) groups excluding carboxylic acids is 3. The molecule has 7 heteroatoms. The third kappa shape index (κ3) is 2.79. The highest BCUT2D eigenvalue weighted by atomic mass is 16.5. The lowest BCUT2D eigenvalue weighted by Gasteiger charge is -2.66. The van der Waals surface area contributed by atoms with Gasteiger partial charge < -0.3 is 19.7 Å². The Labute approximate surface area is 183 Å². The number of fused-ring (bicyclic) bond motifs is 5. The Kier molecular flexibility index (Phi) is 5.27. The number of ketones is 2. The van der Waals surface area contributed by atoms with Gasteiger partial charge in [-0.2, -0.15) is 0 Å². The molecule has 2 N–H and O–H groups in total. The molecule has 0 radical (unpaired) electrons. The van der Waals surface area contributed by atoms with Crippen LogP contribution in [0.5, 0.6) is 0 Å². The van der Waals surface area contributed by atoms with Crippen LogP contribution in [0.1, 0.15) is 65.7 Å². The van der Waals surface area contributed by atoms with Crippen molar-refractivity contribution in [2.24, 2.45) is 22.7 Å². The van der Waals surface area contributed by atoms with Gasteiger partial charge in [0.2, 0.25) is 5.78 Å². The molecule has 4 aliphatic rings.